The van der Waals surface area contributed by atoms with Gasteiger partial charge in [-0.2, -0.15) is 0 Å². The van der Waals surface area contributed by atoms with Gasteiger partial charge in [-0.1, -0.05) is 44.2 Å². The zero-order valence-electron chi connectivity index (χ0n) is 15.3. The highest BCUT2D eigenvalue weighted by Crippen LogP contribution is 2.09. The van der Waals surface area contributed by atoms with Gasteiger partial charge in [0, 0.05) is 25.7 Å². The number of hydrogen-bond donors (Lipinski definition) is 1. The molecule has 1 saturated heterocycles. The van der Waals surface area contributed by atoms with E-state index in [1.807, 2.05) is 27.0 Å². The number of carbonyl (C=O) groups is 3. The van der Waals surface area contributed by atoms with Crippen LogP contribution in [-0.2, 0) is 14.4 Å². The lowest BCUT2D eigenvalue weighted by atomic mass is 10.1. The van der Waals surface area contributed by atoms with Gasteiger partial charge in [0.05, 0.1) is 0 Å². The molecule has 3 amide bonds. The van der Waals surface area contributed by atoms with Crippen LogP contribution in [0.15, 0.2) is 30.3 Å². The van der Waals surface area contributed by atoms with Crippen molar-refractivity contribution in [3.05, 3.63) is 35.9 Å². The van der Waals surface area contributed by atoms with Gasteiger partial charge in [-0.25, -0.2) is 0 Å². The maximum Gasteiger partial charge on any atom is 0.318 e. The van der Waals surface area contributed by atoms with E-state index in [4.69, 9.17) is 0 Å². The molecule has 2 rings (SSSR count). The summed E-state index contributed by atoms with van der Waals surface area (Å²) in [5.74, 6) is -1.31. The van der Waals surface area contributed by atoms with Crippen molar-refractivity contribution in [1.29, 1.82) is 0 Å². The lowest BCUT2D eigenvalue weighted by Gasteiger charge is -2.29. The maximum atomic E-state index is 11.1. The normalized spacial score (nSPS) is 14.9. The number of carbonyl (C=O) groups excluding carboxylic acids is 3. The third-order valence-electron chi connectivity index (χ3n) is 3.58. The van der Waals surface area contributed by atoms with Crippen LogP contribution < -0.4 is 5.32 Å². The molecule has 0 bridgehead atoms. The topological polar surface area (TPSA) is 69.7 Å². The molecule has 134 valence electrons. The standard InChI is InChI=1S/C9H13N.C7H10N2O3.C2H6/c1-8(10-2)9-6-4-3-5-7-9;1-2-8-3-4-9(5-10)7(12)6(8)11;1-2/h3-8,10H,1-2H3;5H,2-4H2,1H3;1-2H3. The van der Waals surface area contributed by atoms with Crippen molar-refractivity contribution in [2.24, 2.45) is 0 Å². The van der Waals surface area contributed by atoms with Crippen LogP contribution in [0.25, 0.3) is 0 Å². The van der Waals surface area contributed by atoms with E-state index in [9.17, 15) is 14.4 Å². The maximum absolute atomic E-state index is 11.1. The molecule has 1 heterocycles. The minimum Gasteiger partial charge on any atom is -0.333 e. The molecule has 0 radical (unpaired) electrons. The second-order valence-electron chi connectivity index (χ2n) is 4.91. The second-order valence-corrected chi connectivity index (χ2v) is 4.91. The van der Waals surface area contributed by atoms with Crippen LogP contribution in [0.2, 0.25) is 0 Å². The van der Waals surface area contributed by atoms with Crippen LogP contribution in [0.1, 0.15) is 39.3 Å². The number of imide groups is 1. The first-order valence-corrected chi connectivity index (χ1v) is 8.32. The second kappa shape index (κ2) is 12.2. The van der Waals surface area contributed by atoms with E-state index in [1.165, 1.54) is 10.5 Å². The Bertz CT molecular complexity index is 505. The third kappa shape index (κ3) is 6.50. The molecule has 6 heteroatoms. The van der Waals surface area contributed by atoms with Gasteiger partial charge >= 0.3 is 11.8 Å². The number of benzene rings is 1. The minimum absolute atomic E-state index is 0.307. The third-order valence-corrected chi connectivity index (χ3v) is 3.58. The van der Waals surface area contributed by atoms with Crippen molar-refractivity contribution < 1.29 is 14.4 Å². The Hall–Kier alpha value is -2.21. The summed E-state index contributed by atoms with van der Waals surface area (Å²) in [6, 6.07) is 10.9. The Kier molecular flexibility index (Phi) is 11.1. The largest absolute Gasteiger partial charge is 0.333 e. The van der Waals surface area contributed by atoms with Crippen molar-refractivity contribution in [2.45, 2.75) is 33.7 Å². The lowest BCUT2D eigenvalue weighted by molar-refractivity contribution is -0.157. The molecule has 1 unspecified atom stereocenters. The van der Waals surface area contributed by atoms with Gasteiger partial charge in [0.2, 0.25) is 6.41 Å². The summed E-state index contributed by atoms with van der Waals surface area (Å²) in [7, 11) is 1.97. The van der Waals surface area contributed by atoms with E-state index in [-0.39, 0.29) is 0 Å². The monoisotopic (exact) mass is 335 g/mol. The molecular formula is C18H29N3O3. The molecule has 1 aliphatic heterocycles. The van der Waals surface area contributed by atoms with Crippen LogP contribution in [0.4, 0.5) is 0 Å². The zero-order valence-corrected chi connectivity index (χ0v) is 15.3. The van der Waals surface area contributed by atoms with Crippen LogP contribution >= 0.6 is 0 Å². The smallest absolute Gasteiger partial charge is 0.318 e. The highest BCUT2D eigenvalue weighted by Gasteiger charge is 2.30. The molecular weight excluding hydrogens is 306 g/mol. The van der Waals surface area contributed by atoms with Gasteiger partial charge in [0.15, 0.2) is 0 Å². The first-order chi connectivity index (χ1) is 11.5. The molecule has 1 fully saturated rings. The van der Waals surface area contributed by atoms with Gasteiger partial charge in [0.25, 0.3) is 0 Å². The highest BCUT2D eigenvalue weighted by molar-refractivity contribution is 6.37. The molecule has 0 aromatic heterocycles. The fourth-order valence-electron chi connectivity index (χ4n) is 2.00. The SMILES string of the molecule is CC.CCN1CCN(C=O)C(=O)C1=O.CNC(C)c1ccccc1. The Balaban J connectivity index is 0.000000405. The number of hydrogen-bond acceptors (Lipinski definition) is 4. The predicted octanol–water partition coefficient (Wildman–Crippen LogP) is 1.83. The molecule has 0 aliphatic carbocycles. The van der Waals surface area contributed by atoms with E-state index in [0.29, 0.717) is 32.1 Å². The van der Waals surface area contributed by atoms with Crippen LogP contribution in [-0.4, -0.2) is 54.7 Å². The van der Waals surface area contributed by atoms with Gasteiger partial charge in [0.1, 0.15) is 0 Å². The fraction of sp³-hybridized carbons (Fsp3) is 0.500. The molecule has 1 aromatic carbocycles. The molecule has 1 N–H and O–H groups in total. The van der Waals surface area contributed by atoms with Gasteiger partial charge in [-0.05, 0) is 26.5 Å². The minimum atomic E-state index is -0.724. The Labute approximate surface area is 144 Å². The van der Waals surface area contributed by atoms with Crippen molar-refractivity contribution in [3.8, 4) is 0 Å². The molecule has 1 atom stereocenters. The van der Waals surface area contributed by atoms with Gasteiger partial charge in [-0.15, -0.1) is 0 Å². The quantitative estimate of drug-likeness (QED) is 0.673. The van der Waals surface area contributed by atoms with Crippen LogP contribution in [0.5, 0.6) is 0 Å². The summed E-state index contributed by atoms with van der Waals surface area (Å²) in [5, 5.41) is 3.18. The predicted molar refractivity (Wildman–Crippen MR) is 95.3 cm³/mol. The van der Waals surface area contributed by atoms with Gasteiger partial charge in [-0.3, -0.25) is 19.3 Å². The Morgan fingerprint density at radius 2 is 1.71 bits per heavy atom. The summed E-state index contributed by atoms with van der Waals surface area (Å²) < 4.78 is 0. The van der Waals surface area contributed by atoms with Gasteiger partial charge < -0.3 is 10.2 Å². The number of piperazine rings is 1. The number of amides is 3. The average molecular weight is 335 g/mol. The number of nitrogens with one attached hydrogen (secondary N) is 1. The number of rotatable bonds is 4. The first-order valence-electron chi connectivity index (χ1n) is 8.32. The van der Waals surface area contributed by atoms with E-state index in [0.717, 1.165) is 4.90 Å². The number of likely N-dealkylation sites (N-methyl/N-ethyl adjacent to an activating group) is 1. The molecule has 1 aliphatic rings. The van der Waals surface area contributed by atoms with Crippen molar-refractivity contribution >= 4 is 18.2 Å². The number of nitrogens with zero attached hydrogens (tertiary/aromatic N) is 2. The summed E-state index contributed by atoms with van der Waals surface area (Å²) in [6.07, 6.45) is 0.396. The summed E-state index contributed by atoms with van der Waals surface area (Å²) in [6.45, 7) is 9.20. The van der Waals surface area contributed by atoms with Crippen molar-refractivity contribution in [1.82, 2.24) is 15.1 Å². The lowest BCUT2D eigenvalue weighted by Crippen LogP contribution is -2.53. The van der Waals surface area contributed by atoms with E-state index >= 15 is 0 Å². The molecule has 0 saturated carbocycles. The summed E-state index contributed by atoms with van der Waals surface area (Å²) in [4.78, 5) is 34.7. The fourth-order valence-corrected chi connectivity index (χ4v) is 2.00. The van der Waals surface area contributed by atoms with Crippen LogP contribution in [0, 0.1) is 0 Å². The average Bonchev–Trinajstić information content (AvgIpc) is 2.66. The summed E-state index contributed by atoms with van der Waals surface area (Å²) in [5.41, 5.74) is 1.34. The molecule has 0 spiro atoms. The Morgan fingerprint density at radius 3 is 2.17 bits per heavy atom. The molecule has 6 nitrogen and oxygen atoms in total. The van der Waals surface area contributed by atoms with Crippen LogP contribution in [0.3, 0.4) is 0 Å². The molecule has 24 heavy (non-hydrogen) atoms. The van der Waals surface area contributed by atoms with Crippen molar-refractivity contribution in [2.75, 3.05) is 26.7 Å². The first kappa shape index (κ1) is 21.8. The van der Waals surface area contributed by atoms with E-state index in [2.05, 4.69) is 36.5 Å². The van der Waals surface area contributed by atoms with Crippen molar-refractivity contribution in [3.63, 3.8) is 0 Å². The zero-order chi connectivity index (χ0) is 18.5. The highest BCUT2D eigenvalue weighted by atomic mass is 16.2. The molecule has 1 aromatic rings. The van der Waals surface area contributed by atoms with E-state index < -0.39 is 11.8 Å². The summed E-state index contributed by atoms with van der Waals surface area (Å²) >= 11 is 0. The Morgan fingerprint density at radius 1 is 1.12 bits per heavy atom. The van der Waals surface area contributed by atoms with E-state index in [1.54, 1.807) is 6.92 Å².